The molecule has 0 radical (unpaired) electrons. The van der Waals surface area contributed by atoms with Crippen LogP contribution in [-0.4, -0.2) is 19.0 Å². The van der Waals surface area contributed by atoms with Crippen molar-refractivity contribution in [2.24, 2.45) is 0 Å². The largest absolute Gasteiger partial charge is 0.486 e. The SMILES string of the molecule is N#CC(C#N)=CNc1cc2c(cc1C(=O)c1ccc(F)cc1)OCCO2. The first-order chi connectivity index (χ1) is 12.6. The van der Waals surface area contributed by atoms with E-state index in [2.05, 4.69) is 5.32 Å². The van der Waals surface area contributed by atoms with Crippen LogP contribution in [0.4, 0.5) is 10.1 Å². The molecule has 7 heteroatoms. The van der Waals surface area contributed by atoms with Gasteiger partial charge in [-0.1, -0.05) is 0 Å². The Balaban J connectivity index is 2.05. The number of benzene rings is 2. The Morgan fingerprint density at radius 1 is 1.08 bits per heavy atom. The van der Waals surface area contributed by atoms with Gasteiger partial charge in [0.05, 0.1) is 5.69 Å². The summed E-state index contributed by atoms with van der Waals surface area (Å²) in [4.78, 5) is 12.8. The fraction of sp³-hybridized carbons (Fsp3) is 0.105. The summed E-state index contributed by atoms with van der Waals surface area (Å²) in [5.74, 6) is 0.0429. The summed E-state index contributed by atoms with van der Waals surface area (Å²) in [5.41, 5.74) is 0.717. The van der Waals surface area contributed by atoms with Crippen molar-refractivity contribution in [2.75, 3.05) is 18.5 Å². The first-order valence-electron chi connectivity index (χ1n) is 7.63. The van der Waals surface area contributed by atoms with Crippen molar-refractivity contribution in [3.63, 3.8) is 0 Å². The fourth-order valence-electron chi connectivity index (χ4n) is 2.39. The standard InChI is InChI=1S/C19H12FN3O3/c20-14-3-1-13(2-4-14)19(24)15-7-17-18(26-6-5-25-17)8-16(15)23-11-12(9-21)10-22/h1-4,7-8,11,23H,5-6H2. The summed E-state index contributed by atoms with van der Waals surface area (Å²) in [6, 6.07) is 11.7. The molecule has 2 aromatic rings. The summed E-state index contributed by atoms with van der Waals surface area (Å²) in [6.07, 6.45) is 1.20. The molecule has 6 nitrogen and oxygen atoms in total. The van der Waals surface area contributed by atoms with Gasteiger partial charge in [0, 0.05) is 23.4 Å². The lowest BCUT2D eigenvalue weighted by Gasteiger charge is -2.21. The molecule has 0 spiro atoms. The van der Waals surface area contributed by atoms with E-state index in [1.54, 1.807) is 18.2 Å². The van der Waals surface area contributed by atoms with Crippen LogP contribution in [0, 0.1) is 28.5 Å². The maximum absolute atomic E-state index is 13.1. The minimum absolute atomic E-state index is 0.153. The van der Waals surface area contributed by atoms with Crippen LogP contribution in [0.3, 0.4) is 0 Å². The predicted octanol–water partition coefficient (Wildman–Crippen LogP) is 3.17. The normalized spacial score (nSPS) is 11.7. The van der Waals surface area contributed by atoms with E-state index in [4.69, 9.17) is 20.0 Å². The van der Waals surface area contributed by atoms with Crippen LogP contribution in [-0.2, 0) is 0 Å². The molecular weight excluding hydrogens is 337 g/mol. The number of nitrogens with one attached hydrogen (secondary N) is 1. The van der Waals surface area contributed by atoms with Crippen molar-refractivity contribution in [3.8, 4) is 23.6 Å². The number of carbonyl (C=O) groups excluding carboxylic acids is 1. The number of nitrogens with zero attached hydrogens (tertiary/aromatic N) is 2. The van der Waals surface area contributed by atoms with Crippen molar-refractivity contribution in [1.82, 2.24) is 0 Å². The maximum Gasteiger partial charge on any atom is 0.195 e. The van der Waals surface area contributed by atoms with Crippen LogP contribution < -0.4 is 14.8 Å². The third-order valence-electron chi connectivity index (χ3n) is 3.65. The summed E-state index contributed by atoms with van der Waals surface area (Å²) < 4.78 is 24.1. The molecule has 0 aliphatic carbocycles. The third-order valence-corrected chi connectivity index (χ3v) is 3.65. The quantitative estimate of drug-likeness (QED) is 0.673. The van der Waals surface area contributed by atoms with Gasteiger partial charge in [0.25, 0.3) is 0 Å². The second-order valence-corrected chi connectivity index (χ2v) is 5.30. The highest BCUT2D eigenvalue weighted by Crippen LogP contribution is 2.36. The first-order valence-corrected chi connectivity index (χ1v) is 7.63. The molecule has 0 atom stereocenters. The van der Waals surface area contributed by atoms with Crippen molar-refractivity contribution >= 4 is 11.5 Å². The van der Waals surface area contributed by atoms with E-state index >= 15 is 0 Å². The van der Waals surface area contributed by atoms with Crippen molar-refractivity contribution in [2.45, 2.75) is 0 Å². The molecule has 1 heterocycles. The van der Waals surface area contributed by atoms with Crippen molar-refractivity contribution < 1.29 is 18.7 Å². The molecule has 0 saturated carbocycles. The van der Waals surface area contributed by atoms with Gasteiger partial charge in [-0.3, -0.25) is 4.79 Å². The Hall–Kier alpha value is -3.84. The highest BCUT2D eigenvalue weighted by molar-refractivity contribution is 6.13. The number of nitriles is 2. The van der Waals surface area contributed by atoms with Gasteiger partial charge in [-0.2, -0.15) is 10.5 Å². The monoisotopic (exact) mass is 349 g/mol. The number of fused-ring (bicyclic) bond motifs is 1. The second kappa shape index (κ2) is 7.37. The summed E-state index contributed by atoms with van der Waals surface area (Å²) in [5, 5.41) is 20.5. The molecule has 0 amide bonds. The Morgan fingerprint density at radius 3 is 2.31 bits per heavy atom. The molecule has 0 aromatic heterocycles. The molecule has 3 rings (SSSR count). The molecule has 0 saturated heterocycles. The zero-order valence-corrected chi connectivity index (χ0v) is 13.5. The smallest absolute Gasteiger partial charge is 0.195 e. The molecule has 0 fully saturated rings. The van der Waals surface area contributed by atoms with Gasteiger partial charge in [0.2, 0.25) is 0 Å². The highest BCUT2D eigenvalue weighted by atomic mass is 19.1. The third kappa shape index (κ3) is 3.47. The van der Waals surface area contributed by atoms with Gasteiger partial charge >= 0.3 is 0 Å². The van der Waals surface area contributed by atoms with Crippen LogP contribution >= 0.6 is 0 Å². The minimum Gasteiger partial charge on any atom is -0.486 e. The molecule has 0 bridgehead atoms. The summed E-state index contributed by atoms with van der Waals surface area (Å²) in [7, 11) is 0. The van der Waals surface area contributed by atoms with Gasteiger partial charge in [0.15, 0.2) is 17.3 Å². The molecule has 1 aliphatic rings. The highest BCUT2D eigenvalue weighted by Gasteiger charge is 2.20. The van der Waals surface area contributed by atoms with Crippen molar-refractivity contribution in [3.05, 3.63) is 65.1 Å². The van der Waals surface area contributed by atoms with E-state index in [-0.39, 0.29) is 22.5 Å². The van der Waals surface area contributed by atoms with Gasteiger partial charge in [-0.05, 0) is 30.3 Å². The van der Waals surface area contributed by atoms with E-state index < -0.39 is 5.82 Å². The zero-order valence-electron chi connectivity index (χ0n) is 13.5. The number of allylic oxidation sites excluding steroid dienone is 1. The minimum atomic E-state index is -0.447. The number of ketones is 1. The van der Waals surface area contributed by atoms with Gasteiger partial charge in [0.1, 0.15) is 36.7 Å². The number of carbonyl (C=O) groups is 1. The van der Waals surface area contributed by atoms with E-state index in [9.17, 15) is 9.18 Å². The molecule has 1 N–H and O–H groups in total. The Bertz CT molecular complexity index is 953. The summed E-state index contributed by atoms with van der Waals surface area (Å²) in [6.45, 7) is 0.728. The number of halogens is 1. The lowest BCUT2D eigenvalue weighted by Crippen LogP contribution is -2.17. The topological polar surface area (TPSA) is 95.1 Å². The average molecular weight is 349 g/mol. The number of ether oxygens (including phenoxy) is 2. The average Bonchev–Trinajstić information content (AvgIpc) is 2.68. The molecule has 26 heavy (non-hydrogen) atoms. The summed E-state index contributed by atoms with van der Waals surface area (Å²) >= 11 is 0. The van der Waals surface area contributed by atoms with E-state index in [1.165, 1.54) is 36.5 Å². The fourth-order valence-corrected chi connectivity index (χ4v) is 2.39. The number of rotatable bonds is 4. The van der Waals surface area contributed by atoms with E-state index in [0.29, 0.717) is 30.4 Å². The van der Waals surface area contributed by atoms with Gasteiger partial charge in [-0.15, -0.1) is 0 Å². The Labute approximate surface area is 148 Å². The number of hydrogen-bond acceptors (Lipinski definition) is 6. The maximum atomic E-state index is 13.1. The zero-order chi connectivity index (χ0) is 18.5. The van der Waals surface area contributed by atoms with Crippen molar-refractivity contribution in [1.29, 1.82) is 10.5 Å². The first kappa shape index (κ1) is 17.0. The molecule has 1 aliphatic heterocycles. The molecule has 0 unspecified atom stereocenters. The van der Waals surface area contributed by atoms with Crippen LogP contribution in [0.1, 0.15) is 15.9 Å². The van der Waals surface area contributed by atoms with Crippen LogP contribution in [0.5, 0.6) is 11.5 Å². The predicted molar refractivity (Wildman–Crippen MR) is 90.2 cm³/mol. The van der Waals surface area contributed by atoms with Gasteiger partial charge in [-0.25, -0.2) is 4.39 Å². The molecule has 2 aromatic carbocycles. The molecule has 128 valence electrons. The van der Waals surface area contributed by atoms with Gasteiger partial charge < -0.3 is 14.8 Å². The number of hydrogen-bond donors (Lipinski definition) is 1. The second-order valence-electron chi connectivity index (χ2n) is 5.30. The van der Waals surface area contributed by atoms with Crippen LogP contribution in [0.15, 0.2) is 48.2 Å². The molecular formula is C19H12FN3O3. The van der Waals surface area contributed by atoms with E-state index in [1.807, 2.05) is 0 Å². The lowest BCUT2D eigenvalue weighted by atomic mass is 10.0. The van der Waals surface area contributed by atoms with Crippen LogP contribution in [0.2, 0.25) is 0 Å². The lowest BCUT2D eigenvalue weighted by molar-refractivity contribution is 0.103. The van der Waals surface area contributed by atoms with Crippen LogP contribution in [0.25, 0.3) is 0 Å². The Morgan fingerprint density at radius 2 is 1.69 bits per heavy atom. The Kier molecular flexibility index (Phi) is 4.82. The van der Waals surface area contributed by atoms with E-state index in [0.717, 1.165) is 0 Å². The number of anilines is 1.